The molecular formula is C23H33NO4. The first-order chi connectivity index (χ1) is 13.3. The summed E-state index contributed by atoms with van der Waals surface area (Å²) >= 11 is 0. The lowest BCUT2D eigenvalue weighted by atomic mass is 9.72. The number of hydrogen-bond donors (Lipinski definition) is 1. The van der Waals surface area contributed by atoms with Crippen LogP contribution in [0, 0.1) is 17.3 Å². The number of likely N-dealkylation sites (tertiary alicyclic amines) is 1. The van der Waals surface area contributed by atoms with Gasteiger partial charge in [-0.3, -0.25) is 4.79 Å². The zero-order valence-corrected chi connectivity index (χ0v) is 17.5. The second kappa shape index (κ2) is 7.25. The maximum atomic E-state index is 12.0. The summed E-state index contributed by atoms with van der Waals surface area (Å²) < 4.78 is 12.1. The third-order valence-corrected chi connectivity index (χ3v) is 7.16. The summed E-state index contributed by atoms with van der Waals surface area (Å²) in [6, 6.07) is 6.12. The largest absolute Gasteiger partial charge is 0.493 e. The van der Waals surface area contributed by atoms with E-state index < -0.39 is 6.10 Å². The number of amides is 1. The van der Waals surface area contributed by atoms with E-state index in [9.17, 15) is 9.90 Å². The first kappa shape index (κ1) is 19.6. The van der Waals surface area contributed by atoms with Crippen LogP contribution >= 0.6 is 0 Å². The number of aliphatic hydroxyl groups excluding tert-OH is 1. The second-order valence-electron chi connectivity index (χ2n) is 9.30. The molecule has 0 radical (unpaired) electrons. The topological polar surface area (TPSA) is 59.0 Å². The molecule has 1 aromatic rings. The molecule has 1 heterocycles. The molecular weight excluding hydrogens is 354 g/mol. The highest BCUT2D eigenvalue weighted by Gasteiger charge is 2.48. The van der Waals surface area contributed by atoms with Gasteiger partial charge >= 0.3 is 0 Å². The smallest absolute Gasteiger partial charge is 0.219 e. The van der Waals surface area contributed by atoms with Crippen molar-refractivity contribution in [2.45, 2.75) is 64.6 Å². The Morgan fingerprint density at radius 1 is 1.21 bits per heavy atom. The van der Waals surface area contributed by atoms with E-state index in [4.69, 9.17) is 9.47 Å². The summed E-state index contributed by atoms with van der Waals surface area (Å²) in [4.78, 5) is 13.9. The first-order valence-electron chi connectivity index (χ1n) is 10.6. The maximum Gasteiger partial charge on any atom is 0.219 e. The van der Waals surface area contributed by atoms with Gasteiger partial charge in [-0.05, 0) is 62.1 Å². The number of aliphatic hydroxyl groups is 1. The van der Waals surface area contributed by atoms with Gasteiger partial charge in [0.25, 0.3) is 0 Å². The number of nitrogens with zero attached hydrogens (tertiary/aromatic N) is 1. The van der Waals surface area contributed by atoms with Gasteiger partial charge in [-0.2, -0.15) is 0 Å². The van der Waals surface area contributed by atoms with E-state index in [1.807, 2.05) is 17.9 Å². The standard InChI is InChI=1S/C23H33NO4/c1-14(25)23(3)13-24(15(2)26)12-19(23)18-9-10-20(27-4)21(11-18)28-22(16-5-6-16)17-7-8-17/h9-11,14,16-17,19,22,25H,5-8,12-13H2,1-4H3/t14-,19+,23+/m1/s1. The SMILES string of the molecule is COc1ccc([C@@H]2CN(C(C)=O)C[C@@]2(C)[C@@H](C)O)cc1OC(C1CC1)C1CC1. The average Bonchev–Trinajstić information content (AvgIpc) is 3.57. The Morgan fingerprint density at radius 3 is 2.36 bits per heavy atom. The molecule has 3 aliphatic rings. The zero-order chi connectivity index (χ0) is 20.1. The third kappa shape index (κ3) is 3.61. The molecule has 154 valence electrons. The van der Waals surface area contributed by atoms with E-state index in [0.29, 0.717) is 31.0 Å². The average molecular weight is 388 g/mol. The molecule has 2 aliphatic carbocycles. The summed E-state index contributed by atoms with van der Waals surface area (Å²) in [6.45, 7) is 6.70. The van der Waals surface area contributed by atoms with Crippen molar-refractivity contribution < 1.29 is 19.4 Å². The second-order valence-corrected chi connectivity index (χ2v) is 9.30. The van der Waals surface area contributed by atoms with Crippen LogP contribution in [0.2, 0.25) is 0 Å². The van der Waals surface area contributed by atoms with Gasteiger partial charge in [0, 0.05) is 31.3 Å². The molecule has 0 bridgehead atoms. The van der Waals surface area contributed by atoms with Crippen LogP contribution in [0.5, 0.6) is 11.5 Å². The molecule has 4 rings (SSSR count). The molecule has 0 aromatic heterocycles. The number of carbonyl (C=O) groups excluding carboxylic acids is 1. The van der Waals surface area contributed by atoms with Gasteiger partial charge in [-0.1, -0.05) is 13.0 Å². The minimum atomic E-state index is -0.515. The molecule has 1 amide bonds. The minimum Gasteiger partial charge on any atom is -0.493 e. The summed E-state index contributed by atoms with van der Waals surface area (Å²) in [6.07, 6.45) is 4.83. The lowest BCUT2D eigenvalue weighted by molar-refractivity contribution is -0.128. The number of ether oxygens (including phenoxy) is 2. The van der Waals surface area contributed by atoms with E-state index >= 15 is 0 Å². The molecule has 5 nitrogen and oxygen atoms in total. The van der Waals surface area contributed by atoms with Crippen LogP contribution in [0.3, 0.4) is 0 Å². The lowest BCUT2D eigenvalue weighted by Gasteiger charge is -2.34. The van der Waals surface area contributed by atoms with Gasteiger partial charge in [-0.15, -0.1) is 0 Å². The Morgan fingerprint density at radius 2 is 1.86 bits per heavy atom. The maximum absolute atomic E-state index is 12.0. The fourth-order valence-corrected chi connectivity index (χ4v) is 4.74. The Hall–Kier alpha value is -1.75. The van der Waals surface area contributed by atoms with Crippen LogP contribution in [0.15, 0.2) is 18.2 Å². The van der Waals surface area contributed by atoms with Crippen LogP contribution in [0.25, 0.3) is 0 Å². The van der Waals surface area contributed by atoms with Crippen molar-refractivity contribution in [1.29, 1.82) is 0 Å². The van der Waals surface area contributed by atoms with Crippen molar-refractivity contribution in [2.24, 2.45) is 17.3 Å². The van der Waals surface area contributed by atoms with Crippen molar-refractivity contribution in [3.63, 3.8) is 0 Å². The van der Waals surface area contributed by atoms with Gasteiger partial charge in [0.05, 0.1) is 13.2 Å². The van der Waals surface area contributed by atoms with Crippen molar-refractivity contribution in [3.05, 3.63) is 23.8 Å². The molecule has 1 aromatic carbocycles. The van der Waals surface area contributed by atoms with Gasteiger partial charge in [-0.25, -0.2) is 0 Å². The summed E-state index contributed by atoms with van der Waals surface area (Å²) in [5.74, 6) is 3.05. The quantitative estimate of drug-likeness (QED) is 0.777. The van der Waals surface area contributed by atoms with Crippen molar-refractivity contribution in [2.75, 3.05) is 20.2 Å². The molecule has 0 unspecified atom stereocenters. The van der Waals surface area contributed by atoms with Crippen LogP contribution in [-0.2, 0) is 4.79 Å². The van der Waals surface area contributed by atoms with E-state index in [-0.39, 0.29) is 17.2 Å². The van der Waals surface area contributed by atoms with E-state index in [2.05, 4.69) is 19.1 Å². The van der Waals surface area contributed by atoms with Crippen LogP contribution in [-0.4, -0.2) is 48.3 Å². The van der Waals surface area contributed by atoms with E-state index in [0.717, 1.165) is 17.1 Å². The molecule has 1 saturated heterocycles. The summed E-state index contributed by atoms with van der Waals surface area (Å²) in [5, 5.41) is 10.5. The Labute approximate surface area is 168 Å². The molecule has 1 aliphatic heterocycles. The number of rotatable bonds is 7. The monoisotopic (exact) mass is 387 g/mol. The minimum absolute atomic E-state index is 0.0573. The van der Waals surface area contributed by atoms with E-state index in [1.165, 1.54) is 25.7 Å². The Balaban J connectivity index is 1.64. The molecule has 5 heteroatoms. The van der Waals surface area contributed by atoms with Crippen LogP contribution in [0.1, 0.15) is 57.9 Å². The third-order valence-electron chi connectivity index (χ3n) is 7.16. The number of hydrogen-bond acceptors (Lipinski definition) is 4. The van der Waals surface area contributed by atoms with Crippen molar-refractivity contribution in [3.8, 4) is 11.5 Å². The predicted octanol–water partition coefficient (Wildman–Crippen LogP) is 3.60. The number of methoxy groups -OCH3 is 1. The molecule has 1 N–H and O–H groups in total. The highest BCUT2D eigenvalue weighted by atomic mass is 16.5. The Bertz CT molecular complexity index is 728. The highest BCUT2D eigenvalue weighted by Crippen LogP contribution is 2.49. The zero-order valence-electron chi connectivity index (χ0n) is 17.5. The van der Waals surface area contributed by atoms with Crippen molar-refractivity contribution in [1.82, 2.24) is 4.90 Å². The van der Waals surface area contributed by atoms with Gasteiger partial charge < -0.3 is 19.5 Å². The normalized spacial score (nSPS) is 28.5. The van der Waals surface area contributed by atoms with Gasteiger partial charge in [0.2, 0.25) is 5.91 Å². The molecule has 3 fully saturated rings. The first-order valence-corrected chi connectivity index (χ1v) is 10.6. The summed E-state index contributed by atoms with van der Waals surface area (Å²) in [5.41, 5.74) is 0.720. The highest BCUT2D eigenvalue weighted by molar-refractivity contribution is 5.74. The van der Waals surface area contributed by atoms with Gasteiger partial charge in [0.15, 0.2) is 11.5 Å². The Kier molecular flexibility index (Phi) is 5.07. The fraction of sp³-hybridized carbons (Fsp3) is 0.696. The van der Waals surface area contributed by atoms with Crippen LogP contribution < -0.4 is 9.47 Å². The van der Waals surface area contributed by atoms with Crippen molar-refractivity contribution >= 4 is 5.91 Å². The van der Waals surface area contributed by atoms with Crippen LogP contribution in [0.4, 0.5) is 0 Å². The number of benzene rings is 1. The molecule has 3 atom stereocenters. The number of carbonyl (C=O) groups is 1. The summed E-state index contributed by atoms with van der Waals surface area (Å²) in [7, 11) is 1.68. The molecule has 28 heavy (non-hydrogen) atoms. The fourth-order valence-electron chi connectivity index (χ4n) is 4.74. The van der Waals surface area contributed by atoms with Gasteiger partial charge in [0.1, 0.15) is 6.10 Å². The lowest BCUT2D eigenvalue weighted by Crippen LogP contribution is -2.37. The van der Waals surface area contributed by atoms with E-state index in [1.54, 1.807) is 14.0 Å². The predicted molar refractivity (Wildman–Crippen MR) is 108 cm³/mol. The molecule has 2 saturated carbocycles. The molecule has 0 spiro atoms.